The molecule has 1 atom stereocenters. The van der Waals surface area contributed by atoms with Gasteiger partial charge in [0.1, 0.15) is 0 Å². The molecule has 2 N–H and O–H groups in total. The molecule has 16 heavy (non-hydrogen) atoms. The number of likely N-dealkylation sites (N-methyl/N-ethyl adjacent to an activating group) is 1. The van der Waals surface area contributed by atoms with Gasteiger partial charge in [-0.3, -0.25) is 0 Å². The molecule has 0 aromatic heterocycles. The summed E-state index contributed by atoms with van der Waals surface area (Å²) in [4.78, 5) is 0. The third-order valence-electron chi connectivity index (χ3n) is 2.61. The molecule has 0 saturated carbocycles. The summed E-state index contributed by atoms with van der Waals surface area (Å²) >= 11 is 2.42. The fourth-order valence-electron chi connectivity index (χ4n) is 1.56. The van der Waals surface area contributed by atoms with Gasteiger partial charge in [0.05, 0.1) is 0 Å². The Morgan fingerprint density at radius 1 is 1.38 bits per heavy atom. The first-order valence-corrected chi connectivity index (χ1v) is 6.91. The Hall–Kier alpha value is -0.130. The highest BCUT2D eigenvalue weighted by Gasteiger charge is 2.04. The lowest BCUT2D eigenvalue weighted by molar-refractivity contribution is 0.508. The Kier molecular flexibility index (Phi) is 6.31. The molecule has 3 heteroatoms. The van der Waals surface area contributed by atoms with Crippen LogP contribution in [-0.2, 0) is 6.54 Å². The number of hydrogen-bond donors (Lipinski definition) is 2. The van der Waals surface area contributed by atoms with E-state index in [1.54, 1.807) is 0 Å². The fraction of sp³-hybridized carbons (Fsp3) is 0.538. The van der Waals surface area contributed by atoms with Gasteiger partial charge in [-0.05, 0) is 54.1 Å². The van der Waals surface area contributed by atoms with E-state index in [4.69, 9.17) is 0 Å². The van der Waals surface area contributed by atoms with Gasteiger partial charge in [0.15, 0.2) is 0 Å². The van der Waals surface area contributed by atoms with Crippen LogP contribution in [0, 0.1) is 10.5 Å². The van der Waals surface area contributed by atoms with E-state index in [0.29, 0.717) is 6.04 Å². The summed E-state index contributed by atoms with van der Waals surface area (Å²) in [6, 6.07) is 7.00. The van der Waals surface area contributed by atoms with Crippen LogP contribution in [-0.4, -0.2) is 19.1 Å². The zero-order valence-corrected chi connectivity index (χ0v) is 12.5. The van der Waals surface area contributed by atoms with Crippen LogP contribution in [0.1, 0.15) is 25.0 Å². The van der Waals surface area contributed by atoms with Crippen molar-refractivity contribution < 1.29 is 0 Å². The molecule has 2 nitrogen and oxygen atoms in total. The molecule has 1 aromatic carbocycles. The molecule has 0 fully saturated rings. The van der Waals surface area contributed by atoms with E-state index in [0.717, 1.165) is 19.6 Å². The van der Waals surface area contributed by atoms with E-state index in [2.05, 4.69) is 72.2 Å². The minimum Gasteiger partial charge on any atom is -0.315 e. The van der Waals surface area contributed by atoms with Crippen molar-refractivity contribution in [1.29, 1.82) is 0 Å². The number of nitrogens with one attached hydrogen (secondary N) is 2. The highest BCUT2D eigenvalue weighted by Crippen LogP contribution is 2.16. The number of halogens is 1. The standard InChI is InChI=1S/C13H21IN2/c1-4-15-8-11(3)16-9-12-7-5-6-10(2)13(12)14/h5-7,11,15-16H,4,8-9H2,1-3H3. The van der Waals surface area contributed by atoms with Gasteiger partial charge < -0.3 is 10.6 Å². The van der Waals surface area contributed by atoms with Crippen molar-refractivity contribution in [2.24, 2.45) is 0 Å². The maximum Gasteiger partial charge on any atom is 0.0219 e. The van der Waals surface area contributed by atoms with Crippen molar-refractivity contribution in [2.45, 2.75) is 33.4 Å². The van der Waals surface area contributed by atoms with Gasteiger partial charge in [0, 0.05) is 22.7 Å². The average Bonchev–Trinajstić information content (AvgIpc) is 2.28. The summed E-state index contributed by atoms with van der Waals surface area (Å²) in [5, 5.41) is 6.88. The first-order chi connectivity index (χ1) is 7.65. The minimum atomic E-state index is 0.510. The van der Waals surface area contributed by atoms with E-state index < -0.39 is 0 Å². The summed E-state index contributed by atoms with van der Waals surface area (Å²) in [6.45, 7) is 9.52. The molecule has 0 bridgehead atoms. The van der Waals surface area contributed by atoms with E-state index in [1.165, 1.54) is 14.7 Å². The van der Waals surface area contributed by atoms with Crippen LogP contribution in [0.5, 0.6) is 0 Å². The van der Waals surface area contributed by atoms with Crippen LogP contribution in [0.4, 0.5) is 0 Å². The molecular formula is C13H21IN2. The first-order valence-electron chi connectivity index (χ1n) is 5.83. The third kappa shape index (κ3) is 4.39. The van der Waals surface area contributed by atoms with Crippen LogP contribution < -0.4 is 10.6 Å². The Bertz CT molecular complexity index is 326. The van der Waals surface area contributed by atoms with Crippen molar-refractivity contribution in [1.82, 2.24) is 10.6 Å². The largest absolute Gasteiger partial charge is 0.315 e. The lowest BCUT2D eigenvalue weighted by atomic mass is 10.1. The van der Waals surface area contributed by atoms with Gasteiger partial charge in [0.25, 0.3) is 0 Å². The molecule has 0 saturated heterocycles. The van der Waals surface area contributed by atoms with E-state index >= 15 is 0 Å². The summed E-state index contributed by atoms with van der Waals surface area (Å²) in [5.74, 6) is 0. The molecule has 0 aliphatic carbocycles. The summed E-state index contributed by atoms with van der Waals surface area (Å²) in [7, 11) is 0. The molecule has 0 spiro atoms. The quantitative estimate of drug-likeness (QED) is 0.783. The van der Waals surface area contributed by atoms with E-state index in [-0.39, 0.29) is 0 Å². The highest BCUT2D eigenvalue weighted by atomic mass is 127. The molecule has 1 unspecified atom stereocenters. The van der Waals surface area contributed by atoms with Crippen LogP contribution in [0.3, 0.4) is 0 Å². The molecule has 0 heterocycles. The topological polar surface area (TPSA) is 24.1 Å². The summed E-state index contributed by atoms with van der Waals surface area (Å²) in [5.41, 5.74) is 2.75. The highest BCUT2D eigenvalue weighted by molar-refractivity contribution is 14.1. The lowest BCUT2D eigenvalue weighted by Crippen LogP contribution is -2.35. The fourth-order valence-corrected chi connectivity index (χ4v) is 2.11. The molecule has 0 aliphatic heterocycles. The molecule has 0 radical (unpaired) electrons. The van der Waals surface area contributed by atoms with Crippen molar-refractivity contribution in [3.05, 3.63) is 32.9 Å². The van der Waals surface area contributed by atoms with Crippen LogP contribution in [0.2, 0.25) is 0 Å². The molecular weight excluding hydrogens is 311 g/mol. The Labute approximate surface area is 112 Å². The summed E-state index contributed by atoms with van der Waals surface area (Å²) in [6.07, 6.45) is 0. The van der Waals surface area contributed by atoms with Gasteiger partial charge in [-0.15, -0.1) is 0 Å². The molecule has 0 aliphatic rings. The smallest absolute Gasteiger partial charge is 0.0219 e. The monoisotopic (exact) mass is 332 g/mol. The average molecular weight is 332 g/mol. The molecule has 1 rings (SSSR count). The lowest BCUT2D eigenvalue weighted by Gasteiger charge is -2.15. The van der Waals surface area contributed by atoms with Gasteiger partial charge in [0.2, 0.25) is 0 Å². The van der Waals surface area contributed by atoms with Crippen molar-refractivity contribution in [3.63, 3.8) is 0 Å². The number of rotatable bonds is 6. The molecule has 1 aromatic rings. The van der Waals surface area contributed by atoms with Gasteiger partial charge in [-0.2, -0.15) is 0 Å². The maximum absolute atomic E-state index is 3.53. The number of aryl methyl sites for hydroxylation is 1. The number of hydrogen-bond acceptors (Lipinski definition) is 2. The SMILES string of the molecule is CCNCC(C)NCc1cccc(C)c1I. The van der Waals surface area contributed by atoms with Gasteiger partial charge in [-0.1, -0.05) is 25.1 Å². The minimum absolute atomic E-state index is 0.510. The van der Waals surface area contributed by atoms with Crippen LogP contribution >= 0.6 is 22.6 Å². The van der Waals surface area contributed by atoms with Gasteiger partial charge in [-0.25, -0.2) is 0 Å². The predicted molar refractivity (Wildman–Crippen MR) is 78.7 cm³/mol. The number of benzene rings is 1. The second-order valence-corrected chi connectivity index (χ2v) is 5.22. The Balaban J connectivity index is 2.45. The van der Waals surface area contributed by atoms with Crippen molar-refractivity contribution in [3.8, 4) is 0 Å². The summed E-state index contributed by atoms with van der Waals surface area (Å²) < 4.78 is 1.38. The van der Waals surface area contributed by atoms with Crippen LogP contribution in [0.15, 0.2) is 18.2 Å². The normalized spacial score (nSPS) is 12.8. The van der Waals surface area contributed by atoms with Crippen molar-refractivity contribution in [2.75, 3.05) is 13.1 Å². The molecule has 90 valence electrons. The first kappa shape index (κ1) is 13.9. The van der Waals surface area contributed by atoms with E-state index in [1.807, 2.05) is 0 Å². The molecule has 0 amide bonds. The third-order valence-corrected chi connectivity index (χ3v) is 4.16. The second-order valence-electron chi connectivity index (χ2n) is 4.14. The van der Waals surface area contributed by atoms with Crippen molar-refractivity contribution >= 4 is 22.6 Å². The maximum atomic E-state index is 3.53. The zero-order chi connectivity index (χ0) is 12.0. The van der Waals surface area contributed by atoms with E-state index in [9.17, 15) is 0 Å². The zero-order valence-electron chi connectivity index (χ0n) is 10.3. The van der Waals surface area contributed by atoms with Gasteiger partial charge >= 0.3 is 0 Å². The van der Waals surface area contributed by atoms with Crippen LogP contribution in [0.25, 0.3) is 0 Å². The predicted octanol–water partition coefficient (Wildman–Crippen LogP) is 2.69. The Morgan fingerprint density at radius 2 is 2.12 bits per heavy atom. The Morgan fingerprint density at radius 3 is 2.81 bits per heavy atom. The second kappa shape index (κ2) is 7.25.